The average molecular weight is 265 g/mol. The van der Waals surface area contributed by atoms with Crippen LogP contribution in [-0.2, 0) is 4.79 Å². The molecule has 0 unspecified atom stereocenters. The quantitative estimate of drug-likeness (QED) is 0.814. The highest BCUT2D eigenvalue weighted by Gasteiger charge is 2.15. The van der Waals surface area contributed by atoms with Crippen molar-refractivity contribution in [1.29, 1.82) is 0 Å². The SMILES string of the molecule is Cc1cccc(N)c1NC(=O)CN1CCSCC1. The average Bonchev–Trinajstić information content (AvgIpc) is 2.35. The molecule has 3 N–H and O–H groups in total. The third-order valence-electron chi connectivity index (χ3n) is 3.04. The summed E-state index contributed by atoms with van der Waals surface area (Å²) in [5, 5.41) is 2.91. The number of hydrogen-bond acceptors (Lipinski definition) is 4. The number of para-hydroxylation sites is 1. The topological polar surface area (TPSA) is 58.4 Å². The first kappa shape index (κ1) is 13.2. The molecule has 5 heteroatoms. The molecule has 0 aromatic heterocycles. The Morgan fingerprint density at radius 1 is 1.44 bits per heavy atom. The number of anilines is 2. The van der Waals surface area contributed by atoms with Gasteiger partial charge in [0.15, 0.2) is 0 Å². The summed E-state index contributed by atoms with van der Waals surface area (Å²) in [4.78, 5) is 14.2. The van der Waals surface area contributed by atoms with Crippen molar-refractivity contribution in [2.75, 3.05) is 42.2 Å². The van der Waals surface area contributed by atoms with E-state index in [4.69, 9.17) is 5.73 Å². The highest BCUT2D eigenvalue weighted by atomic mass is 32.2. The van der Waals surface area contributed by atoms with Gasteiger partial charge in [0.05, 0.1) is 17.9 Å². The molecule has 0 bridgehead atoms. The Morgan fingerprint density at radius 2 is 2.17 bits per heavy atom. The molecule has 1 aromatic carbocycles. The number of carbonyl (C=O) groups is 1. The van der Waals surface area contributed by atoms with Crippen LogP contribution in [0.25, 0.3) is 0 Å². The van der Waals surface area contributed by atoms with E-state index in [0.29, 0.717) is 12.2 Å². The minimum atomic E-state index is 0.0166. The van der Waals surface area contributed by atoms with Gasteiger partial charge >= 0.3 is 0 Å². The summed E-state index contributed by atoms with van der Waals surface area (Å²) in [6.45, 7) is 4.38. The molecule has 1 aromatic rings. The molecule has 98 valence electrons. The minimum Gasteiger partial charge on any atom is -0.397 e. The molecule has 1 aliphatic heterocycles. The van der Waals surface area contributed by atoms with E-state index in [1.807, 2.05) is 30.8 Å². The molecular weight excluding hydrogens is 246 g/mol. The van der Waals surface area contributed by atoms with Crippen molar-refractivity contribution in [3.63, 3.8) is 0 Å². The van der Waals surface area contributed by atoms with Crippen LogP contribution in [0.3, 0.4) is 0 Å². The van der Waals surface area contributed by atoms with Gasteiger partial charge in [-0.25, -0.2) is 0 Å². The number of carbonyl (C=O) groups excluding carboxylic acids is 1. The van der Waals surface area contributed by atoms with Crippen molar-refractivity contribution in [2.45, 2.75) is 6.92 Å². The Bertz CT molecular complexity index is 410. The first-order valence-electron chi connectivity index (χ1n) is 6.12. The Kier molecular flexibility index (Phi) is 4.49. The van der Waals surface area contributed by atoms with Gasteiger partial charge < -0.3 is 11.1 Å². The second kappa shape index (κ2) is 6.11. The van der Waals surface area contributed by atoms with E-state index in [1.54, 1.807) is 6.07 Å². The van der Waals surface area contributed by atoms with E-state index in [0.717, 1.165) is 35.8 Å². The van der Waals surface area contributed by atoms with Crippen LogP contribution in [-0.4, -0.2) is 41.9 Å². The van der Waals surface area contributed by atoms with Crippen molar-refractivity contribution in [3.05, 3.63) is 23.8 Å². The number of hydrogen-bond donors (Lipinski definition) is 2. The second-order valence-corrected chi connectivity index (χ2v) is 5.70. The Morgan fingerprint density at radius 3 is 2.83 bits per heavy atom. The van der Waals surface area contributed by atoms with Crippen LogP contribution in [0.1, 0.15) is 5.56 Å². The number of benzene rings is 1. The third kappa shape index (κ3) is 3.40. The van der Waals surface area contributed by atoms with E-state index in [9.17, 15) is 4.79 Å². The highest BCUT2D eigenvalue weighted by molar-refractivity contribution is 7.99. The van der Waals surface area contributed by atoms with Gasteiger partial charge in [0.25, 0.3) is 0 Å². The summed E-state index contributed by atoms with van der Waals surface area (Å²) in [6, 6.07) is 5.64. The normalized spacial score (nSPS) is 16.5. The molecule has 1 fully saturated rings. The van der Waals surface area contributed by atoms with E-state index in [-0.39, 0.29) is 5.91 Å². The van der Waals surface area contributed by atoms with Crippen molar-refractivity contribution in [1.82, 2.24) is 4.90 Å². The number of nitrogens with zero attached hydrogens (tertiary/aromatic N) is 1. The molecule has 0 spiro atoms. The first-order valence-corrected chi connectivity index (χ1v) is 7.27. The monoisotopic (exact) mass is 265 g/mol. The molecule has 4 nitrogen and oxygen atoms in total. The Hall–Kier alpha value is -1.20. The van der Waals surface area contributed by atoms with E-state index < -0.39 is 0 Å². The Labute approximate surface area is 112 Å². The Balaban J connectivity index is 1.94. The van der Waals surface area contributed by atoms with Gasteiger partial charge in [-0.1, -0.05) is 12.1 Å². The predicted molar refractivity (Wildman–Crippen MR) is 78.0 cm³/mol. The maximum atomic E-state index is 12.0. The van der Waals surface area contributed by atoms with Crippen molar-refractivity contribution < 1.29 is 4.79 Å². The summed E-state index contributed by atoms with van der Waals surface area (Å²) in [7, 11) is 0. The van der Waals surface area contributed by atoms with Crippen LogP contribution < -0.4 is 11.1 Å². The number of aryl methyl sites for hydroxylation is 1. The van der Waals surface area contributed by atoms with Crippen LogP contribution in [0, 0.1) is 6.92 Å². The van der Waals surface area contributed by atoms with Gasteiger partial charge in [0.2, 0.25) is 5.91 Å². The van der Waals surface area contributed by atoms with E-state index in [2.05, 4.69) is 10.2 Å². The number of nitrogens with two attached hydrogens (primary N) is 1. The van der Waals surface area contributed by atoms with Gasteiger partial charge in [-0.2, -0.15) is 11.8 Å². The lowest BCUT2D eigenvalue weighted by atomic mass is 10.1. The standard InChI is InChI=1S/C13H19N3OS/c1-10-3-2-4-11(14)13(10)15-12(17)9-16-5-7-18-8-6-16/h2-4H,5-9,14H2,1H3,(H,15,17). The fraction of sp³-hybridized carbons (Fsp3) is 0.462. The molecule has 1 saturated heterocycles. The highest BCUT2D eigenvalue weighted by Crippen LogP contribution is 2.22. The van der Waals surface area contributed by atoms with Gasteiger partial charge in [-0.05, 0) is 18.6 Å². The molecule has 1 heterocycles. The lowest BCUT2D eigenvalue weighted by Gasteiger charge is -2.25. The van der Waals surface area contributed by atoms with Gasteiger partial charge in [-0.15, -0.1) is 0 Å². The van der Waals surface area contributed by atoms with Crippen molar-refractivity contribution in [2.24, 2.45) is 0 Å². The molecule has 0 atom stereocenters. The molecule has 0 aliphatic carbocycles. The van der Waals surface area contributed by atoms with Crippen molar-refractivity contribution >= 4 is 29.0 Å². The smallest absolute Gasteiger partial charge is 0.238 e. The number of nitrogen functional groups attached to an aromatic ring is 1. The van der Waals surface area contributed by atoms with Crippen molar-refractivity contribution in [3.8, 4) is 0 Å². The van der Waals surface area contributed by atoms with Crippen LogP contribution in [0.15, 0.2) is 18.2 Å². The van der Waals surface area contributed by atoms with Crippen LogP contribution in [0.5, 0.6) is 0 Å². The summed E-state index contributed by atoms with van der Waals surface area (Å²) in [6.07, 6.45) is 0. The van der Waals surface area contributed by atoms with Gasteiger partial charge in [0, 0.05) is 24.6 Å². The zero-order valence-electron chi connectivity index (χ0n) is 10.6. The maximum Gasteiger partial charge on any atom is 0.238 e. The molecular formula is C13H19N3OS. The van der Waals surface area contributed by atoms with Gasteiger partial charge in [0.1, 0.15) is 0 Å². The van der Waals surface area contributed by atoms with Crippen LogP contribution >= 0.6 is 11.8 Å². The third-order valence-corrected chi connectivity index (χ3v) is 3.98. The minimum absolute atomic E-state index is 0.0166. The van der Waals surface area contributed by atoms with Crippen LogP contribution in [0.2, 0.25) is 0 Å². The largest absolute Gasteiger partial charge is 0.397 e. The summed E-state index contributed by atoms with van der Waals surface area (Å²) in [5.41, 5.74) is 8.24. The van der Waals surface area contributed by atoms with E-state index in [1.165, 1.54) is 0 Å². The molecule has 2 rings (SSSR count). The number of rotatable bonds is 3. The summed E-state index contributed by atoms with van der Waals surface area (Å²) >= 11 is 1.94. The lowest BCUT2D eigenvalue weighted by molar-refractivity contribution is -0.117. The summed E-state index contributed by atoms with van der Waals surface area (Å²) in [5.74, 6) is 2.24. The second-order valence-electron chi connectivity index (χ2n) is 4.48. The van der Waals surface area contributed by atoms with Gasteiger partial charge in [-0.3, -0.25) is 9.69 Å². The van der Waals surface area contributed by atoms with E-state index >= 15 is 0 Å². The fourth-order valence-electron chi connectivity index (χ4n) is 2.00. The number of nitrogens with one attached hydrogen (secondary N) is 1. The summed E-state index contributed by atoms with van der Waals surface area (Å²) < 4.78 is 0. The lowest BCUT2D eigenvalue weighted by Crippen LogP contribution is -2.38. The molecule has 0 radical (unpaired) electrons. The first-order chi connectivity index (χ1) is 8.66. The molecule has 1 amide bonds. The molecule has 0 saturated carbocycles. The maximum absolute atomic E-state index is 12.0. The van der Waals surface area contributed by atoms with Crippen LogP contribution in [0.4, 0.5) is 11.4 Å². The number of amides is 1. The molecule has 1 aliphatic rings. The molecule has 18 heavy (non-hydrogen) atoms. The predicted octanol–water partition coefficient (Wildman–Crippen LogP) is 1.56. The fourth-order valence-corrected chi connectivity index (χ4v) is 2.98. The number of thioether (sulfide) groups is 1. The zero-order chi connectivity index (χ0) is 13.0. The zero-order valence-corrected chi connectivity index (χ0v) is 11.4.